The lowest BCUT2D eigenvalue weighted by Gasteiger charge is -2.09. The van der Waals surface area contributed by atoms with Crippen LogP contribution in [0.1, 0.15) is 18.7 Å². The van der Waals surface area contributed by atoms with Gasteiger partial charge < -0.3 is 5.73 Å². The molecule has 1 fully saturated rings. The zero-order valence-corrected chi connectivity index (χ0v) is 9.40. The third kappa shape index (κ3) is 2.16. The molecule has 1 aliphatic rings. The van der Waals surface area contributed by atoms with Gasteiger partial charge in [-0.25, -0.2) is 15.0 Å². The molecule has 1 aliphatic carbocycles. The summed E-state index contributed by atoms with van der Waals surface area (Å²) in [6.45, 7) is 0. The van der Waals surface area contributed by atoms with Gasteiger partial charge in [-0.05, 0) is 24.8 Å². The van der Waals surface area contributed by atoms with Crippen LogP contribution in [0.25, 0.3) is 5.95 Å². The first-order valence-electron chi connectivity index (χ1n) is 5.76. The van der Waals surface area contributed by atoms with Gasteiger partial charge >= 0.3 is 0 Å². The molecule has 1 atom stereocenters. The second-order valence-corrected chi connectivity index (χ2v) is 4.34. The Bertz CT molecular complexity index is 490. The van der Waals surface area contributed by atoms with E-state index in [4.69, 9.17) is 5.73 Å². The number of hydrogen-bond donors (Lipinski definition) is 1. The molecule has 1 unspecified atom stereocenters. The molecule has 2 aromatic rings. The van der Waals surface area contributed by atoms with Gasteiger partial charge in [0.15, 0.2) is 0 Å². The number of nitrogens with two attached hydrogens (primary N) is 1. The van der Waals surface area contributed by atoms with Gasteiger partial charge in [-0.15, -0.1) is 0 Å². The van der Waals surface area contributed by atoms with Crippen LogP contribution in [0.4, 0.5) is 0 Å². The van der Waals surface area contributed by atoms with E-state index in [0.717, 1.165) is 12.2 Å². The summed E-state index contributed by atoms with van der Waals surface area (Å²) in [5.74, 6) is 2.02. The number of hydrogen-bond acceptors (Lipinski definition) is 5. The van der Waals surface area contributed by atoms with Crippen molar-refractivity contribution in [2.75, 3.05) is 0 Å². The average Bonchev–Trinajstić information content (AvgIpc) is 3.12. The molecule has 0 bridgehead atoms. The van der Waals surface area contributed by atoms with E-state index in [1.807, 2.05) is 0 Å². The molecule has 2 heterocycles. The molecule has 0 aliphatic heterocycles. The fourth-order valence-corrected chi connectivity index (χ4v) is 1.87. The number of aromatic nitrogens is 5. The molecule has 6 nitrogen and oxygen atoms in total. The first-order chi connectivity index (χ1) is 8.34. The van der Waals surface area contributed by atoms with E-state index in [1.54, 1.807) is 23.1 Å². The van der Waals surface area contributed by atoms with Crippen LogP contribution in [0.2, 0.25) is 0 Å². The van der Waals surface area contributed by atoms with E-state index in [-0.39, 0.29) is 6.04 Å². The second kappa shape index (κ2) is 4.21. The molecule has 6 heteroatoms. The summed E-state index contributed by atoms with van der Waals surface area (Å²) < 4.78 is 1.66. The van der Waals surface area contributed by atoms with E-state index in [2.05, 4.69) is 20.1 Å². The van der Waals surface area contributed by atoms with Crippen molar-refractivity contribution >= 4 is 0 Å². The Morgan fingerprint density at radius 2 is 2.06 bits per heavy atom. The lowest BCUT2D eigenvalue weighted by atomic mass is 10.1. The Balaban J connectivity index is 1.83. The van der Waals surface area contributed by atoms with Crippen molar-refractivity contribution in [3.63, 3.8) is 0 Å². The maximum Gasteiger partial charge on any atom is 0.252 e. The third-order valence-corrected chi connectivity index (χ3v) is 3.01. The predicted molar refractivity (Wildman–Crippen MR) is 61.4 cm³/mol. The zero-order chi connectivity index (χ0) is 11.7. The number of nitrogens with zero attached hydrogens (tertiary/aromatic N) is 5. The highest BCUT2D eigenvalue weighted by Gasteiger charge is 2.29. The molecule has 2 aromatic heterocycles. The van der Waals surface area contributed by atoms with Crippen molar-refractivity contribution in [3.05, 3.63) is 30.6 Å². The van der Waals surface area contributed by atoms with Crippen LogP contribution in [0.3, 0.4) is 0 Å². The van der Waals surface area contributed by atoms with Crippen molar-refractivity contribution in [2.45, 2.75) is 25.3 Å². The number of rotatable bonds is 4. The minimum atomic E-state index is 0.168. The highest BCUT2D eigenvalue weighted by atomic mass is 15.4. The monoisotopic (exact) mass is 230 g/mol. The summed E-state index contributed by atoms with van der Waals surface area (Å²) in [5, 5.41) is 4.14. The first kappa shape index (κ1) is 10.3. The van der Waals surface area contributed by atoms with E-state index >= 15 is 0 Å². The molecule has 88 valence electrons. The van der Waals surface area contributed by atoms with Gasteiger partial charge in [0.2, 0.25) is 0 Å². The van der Waals surface area contributed by atoms with Crippen LogP contribution in [-0.4, -0.2) is 30.8 Å². The van der Waals surface area contributed by atoms with Gasteiger partial charge in [0, 0.05) is 24.9 Å². The van der Waals surface area contributed by atoms with E-state index in [0.29, 0.717) is 11.9 Å². The molecule has 0 amide bonds. The van der Waals surface area contributed by atoms with Gasteiger partial charge in [-0.2, -0.15) is 9.78 Å². The van der Waals surface area contributed by atoms with E-state index < -0.39 is 0 Å². The molecular formula is C11H14N6. The highest BCUT2D eigenvalue weighted by molar-refractivity contribution is 5.11. The van der Waals surface area contributed by atoms with Crippen LogP contribution in [0.15, 0.2) is 24.8 Å². The molecule has 17 heavy (non-hydrogen) atoms. The summed E-state index contributed by atoms with van der Waals surface area (Å²) >= 11 is 0. The first-order valence-corrected chi connectivity index (χ1v) is 5.76. The van der Waals surface area contributed by atoms with E-state index in [9.17, 15) is 0 Å². The minimum absolute atomic E-state index is 0.168. The van der Waals surface area contributed by atoms with Crippen LogP contribution in [0, 0.1) is 5.92 Å². The second-order valence-electron chi connectivity index (χ2n) is 4.34. The standard InChI is InChI=1S/C11H14N6/c12-9(8-2-3-8)6-10-15-7-16-17(10)11-13-4-1-5-14-11/h1,4-5,7-9H,2-3,6,12H2. The summed E-state index contributed by atoms with van der Waals surface area (Å²) in [5.41, 5.74) is 6.10. The van der Waals surface area contributed by atoms with Crippen LogP contribution >= 0.6 is 0 Å². The lowest BCUT2D eigenvalue weighted by Crippen LogP contribution is -2.27. The fourth-order valence-electron chi connectivity index (χ4n) is 1.87. The van der Waals surface area contributed by atoms with Gasteiger partial charge in [-0.1, -0.05) is 0 Å². The Morgan fingerprint density at radius 1 is 1.29 bits per heavy atom. The maximum atomic E-state index is 6.10. The molecular weight excluding hydrogens is 216 g/mol. The summed E-state index contributed by atoms with van der Waals surface area (Å²) in [7, 11) is 0. The van der Waals surface area contributed by atoms with Crippen LogP contribution in [0.5, 0.6) is 0 Å². The smallest absolute Gasteiger partial charge is 0.252 e. The van der Waals surface area contributed by atoms with Crippen molar-refractivity contribution in [2.24, 2.45) is 11.7 Å². The summed E-state index contributed by atoms with van der Waals surface area (Å²) in [4.78, 5) is 12.6. The molecule has 3 rings (SSSR count). The van der Waals surface area contributed by atoms with Crippen molar-refractivity contribution < 1.29 is 0 Å². The van der Waals surface area contributed by atoms with Crippen molar-refractivity contribution in [1.29, 1.82) is 0 Å². The third-order valence-electron chi connectivity index (χ3n) is 3.01. The zero-order valence-electron chi connectivity index (χ0n) is 9.40. The fraction of sp³-hybridized carbons (Fsp3) is 0.455. The molecule has 0 saturated heterocycles. The van der Waals surface area contributed by atoms with Crippen LogP contribution in [-0.2, 0) is 6.42 Å². The quantitative estimate of drug-likeness (QED) is 0.818. The normalized spacial score (nSPS) is 17.0. The molecule has 2 N–H and O–H groups in total. The predicted octanol–water partition coefficient (Wildman–Crippen LogP) is 0.337. The highest BCUT2D eigenvalue weighted by Crippen LogP contribution is 2.32. The SMILES string of the molecule is NC(Cc1ncnn1-c1ncccn1)C1CC1. The topological polar surface area (TPSA) is 82.5 Å². The Morgan fingerprint density at radius 3 is 2.76 bits per heavy atom. The van der Waals surface area contributed by atoms with Gasteiger partial charge in [-0.3, -0.25) is 0 Å². The van der Waals surface area contributed by atoms with Gasteiger partial charge in [0.25, 0.3) is 5.95 Å². The lowest BCUT2D eigenvalue weighted by molar-refractivity contribution is 0.562. The summed E-state index contributed by atoms with van der Waals surface area (Å²) in [6, 6.07) is 1.94. The van der Waals surface area contributed by atoms with E-state index in [1.165, 1.54) is 19.2 Å². The summed E-state index contributed by atoms with van der Waals surface area (Å²) in [6.07, 6.45) is 8.09. The molecule has 0 radical (unpaired) electrons. The Kier molecular flexibility index (Phi) is 2.56. The van der Waals surface area contributed by atoms with Gasteiger partial charge in [0.1, 0.15) is 12.2 Å². The van der Waals surface area contributed by atoms with Crippen molar-refractivity contribution in [3.8, 4) is 5.95 Å². The maximum absolute atomic E-state index is 6.10. The largest absolute Gasteiger partial charge is 0.327 e. The van der Waals surface area contributed by atoms with Crippen molar-refractivity contribution in [1.82, 2.24) is 24.7 Å². The molecule has 0 aromatic carbocycles. The van der Waals surface area contributed by atoms with Gasteiger partial charge in [0.05, 0.1) is 0 Å². The molecule has 1 saturated carbocycles. The Hall–Kier alpha value is -1.82. The Labute approximate surface area is 98.9 Å². The average molecular weight is 230 g/mol. The molecule has 0 spiro atoms. The van der Waals surface area contributed by atoms with Crippen LogP contribution < -0.4 is 5.73 Å². The minimum Gasteiger partial charge on any atom is -0.327 e.